The van der Waals surface area contributed by atoms with Gasteiger partial charge in [0.1, 0.15) is 11.6 Å². The zero-order valence-electron chi connectivity index (χ0n) is 8.08. The summed E-state index contributed by atoms with van der Waals surface area (Å²) in [5.41, 5.74) is -0.942. The van der Waals surface area contributed by atoms with E-state index in [2.05, 4.69) is 9.68 Å². The molecule has 0 aliphatic rings. The van der Waals surface area contributed by atoms with Crippen LogP contribution in [0, 0.1) is 11.6 Å². The monoisotopic (exact) mass is 259 g/mol. The number of halogens is 3. The summed E-state index contributed by atoms with van der Waals surface area (Å²) >= 11 is 5.44. The van der Waals surface area contributed by atoms with Crippen LogP contribution in [0.15, 0.2) is 22.7 Å². The second-order valence-electron chi connectivity index (χ2n) is 3.13. The number of benzene rings is 1. The maximum absolute atomic E-state index is 13.4. The fraction of sp³-hybridized carbons (Fsp3) is 0. The SMILES string of the molecule is O=C(O)c1cc(-c2c(F)cc(Cl)cc2F)on1. The molecule has 0 radical (unpaired) electrons. The van der Waals surface area contributed by atoms with Gasteiger partial charge in [0.2, 0.25) is 0 Å². The summed E-state index contributed by atoms with van der Waals surface area (Å²) < 4.78 is 31.5. The van der Waals surface area contributed by atoms with Crippen LogP contribution in [0.5, 0.6) is 0 Å². The Kier molecular flexibility index (Phi) is 2.81. The van der Waals surface area contributed by atoms with E-state index in [1.54, 1.807) is 0 Å². The third-order valence-electron chi connectivity index (χ3n) is 1.98. The van der Waals surface area contributed by atoms with Crippen LogP contribution in [-0.4, -0.2) is 16.2 Å². The summed E-state index contributed by atoms with van der Waals surface area (Å²) in [6.07, 6.45) is 0. The summed E-state index contributed by atoms with van der Waals surface area (Å²) in [4.78, 5) is 10.5. The third-order valence-corrected chi connectivity index (χ3v) is 2.20. The number of rotatable bonds is 2. The van der Waals surface area contributed by atoms with Gasteiger partial charge in [-0.2, -0.15) is 0 Å². The van der Waals surface area contributed by atoms with Crippen molar-refractivity contribution in [3.63, 3.8) is 0 Å². The molecule has 1 N–H and O–H groups in total. The molecule has 0 aliphatic carbocycles. The molecule has 2 rings (SSSR count). The van der Waals surface area contributed by atoms with Gasteiger partial charge >= 0.3 is 5.97 Å². The summed E-state index contributed by atoms with van der Waals surface area (Å²) in [6.45, 7) is 0. The van der Waals surface area contributed by atoms with E-state index in [1.807, 2.05) is 0 Å². The van der Waals surface area contributed by atoms with E-state index in [9.17, 15) is 13.6 Å². The molecule has 0 aliphatic heterocycles. The molecule has 0 spiro atoms. The van der Waals surface area contributed by atoms with Crippen molar-refractivity contribution in [2.45, 2.75) is 0 Å². The molecule has 0 fully saturated rings. The van der Waals surface area contributed by atoms with Gasteiger partial charge in [-0.05, 0) is 12.1 Å². The Labute approximate surface area is 98.4 Å². The largest absolute Gasteiger partial charge is 0.476 e. The lowest BCUT2D eigenvalue weighted by atomic mass is 10.1. The average Bonchev–Trinajstić information content (AvgIpc) is 2.65. The Morgan fingerprint density at radius 1 is 1.29 bits per heavy atom. The van der Waals surface area contributed by atoms with Gasteiger partial charge in [0.25, 0.3) is 0 Å². The lowest BCUT2D eigenvalue weighted by Crippen LogP contribution is -1.94. The first-order valence-corrected chi connectivity index (χ1v) is 4.71. The van der Waals surface area contributed by atoms with Gasteiger partial charge in [-0.3, -0.25) is 0 Å². The number of aromatic nitrogens is 1. The summed E-state index contributed by atoms with van der Waals surface area (Å²) in [7, 11) is 0. The molecule has 17 heavy (non-hydrogen) atoms. The highest BCUT2D eigenvalue weighted by atomic mass is 35.5. The zero-order chi connectivity index (χ0) is 12.6. The van der Waals surface area contributed by atoms with Crippen LogP contribution in [0.4, 0.5) is 8.78 Å². The molecule has 1 aromatic heterocycles. The van der Waals surface area contributed by atoms with E-state index in [4.69, 9.17) is 16.7 Å². The van der Waals surface area contributed by atoms with E-state index in [0.29, 0.717) is 0 Å². The highest BCUT2D eigenvalue weighted by molar-refractivity contribution is 6.30. The van der Waals surface area contributed by atoms with Crippen molar-refractivity contribution in [3.05, 3.63) is 40.6 Å². The zero-order valence-corrected chi connectivity index (χ0v) is 8.83. The molecule has 4 nitrogen and oxygen atoms in total. The van der Waals surface area contributed by atoms with Crippen molar-refractivity contribution < 1.29 is 23.2 Å². The van der Waals surface area contributed by atoms with Crippen LogP contribution >= 0.6 is 11.6 Å². The number of hydrogen-bond acceptors (Lipinski definition) is 3. The molecule has 0 amide bonds. The molecular weight excluding hydrogens is 256 g/mol. The Morgan fingerprint density at radius 3 is 2.35 bits per heavy atom. The first-order chi connectivity index (χ1) is 7.99. The molecular formula is C10H4ClF2NO3. The van der Waals surface area contributed by atoms with Crippen molar-refractivity contribution in [2.75, 3.05) is 0 Å². The van der Waals surface area contributed by atoms with Gasteiger partial charge < -0.3 is 9.63 Å². The van der Waals surface area contributed by atoms with E-state index in [1.165, 1.54) is 0 Å². The summed E-state index contributed by atoms with van der Waals surface area (Å²) in [5.74, 6) is -3.57. The number of hydrogen-bond donors (Lipinski definition) is 1. The maximum Gasteiger partial charge on any atom is 0.358 e. The van der Waals surface area contributed by atoms with Crippen molar-refractivity contribution in [2.24, 2.45) is 0 Å². The van der Waals surface area contributed by atoms with Gasteiger partial charge in [-0.1, -0.05) is 16.8 Å². The topological polar surface area (TPSA) is 63.3 Å². The fourth-order valence-electron chi connectivity index (χ4n) is 1.27. The average molecular weight is 260 g/mol. The molecule has 0 atom stereocenters. The lowest BCUT2D eigenvalue weighted by molar-refractivity contribution is 0.0686. The van der Waals surface area contributed by atoms with E-state index in [-0.39, 0.29) is 10.8 Å². The second-order valence-corrected chi connectivity index (χ2v) is 3.56. The van der Waals surface area contributed by atoms with Gasteiger partial charge in [-0.25, -0.2) is 13.6 Å². The first kappa shape index (κ1) is 11.5. The number of nitrogens with zero attached hydrogens (tertiary/aromatic N) is 1. The smallest absolute Gasteiger partial charge is 0.358 e. The standard InChI is InChI=1S/C10H4ClF2NO3/c11-4-1-5(12)9(6(13)2-4)8-3-7(10(15)16)14-17-8/h1-3H,(H,15,16). The van der Waals surface area contributed by atoms with Gasteiger partial charge in [0, 0.05) is 11.1 Å². The van der Waals surface area contributed by atoms with E-state index < -0.39 is 28.9 Å². The van der Waals surface area contributed by atoms with Crippen LogP contribution in [0.2, 0.25) is 5.02 Å². The van der Waals surface area contributed by atoms with Gasteiger partial charge in [0.15, 0.2) is 11.5 Å². The quantitative estimate of drug-likeness (QED) is 0.900. The Morgan fingerprint density at radius 2 is 1.88 bits per heavy atom. The summed E-state index contributed by atoms with van der Waals surface area (Å²) in [5, 5.41) is 11.6. The van der Waals surface area contributed by atoms with Crippen LogP contribution < -0.4 is 0 Å². The lowest BCUT2D eigenvalue weighted by Gasteiger charge is -2.00. The number of carbonyl (C=O) groups is 1. The van der Waals surface area contributed by atoms with Crippen LogP contribution in [0.1, 0.15) is 10.5 Å². The Hall–Kier alpha value is -1.95. The molecule has 2 aromatic rings. The van der Waals surface area contributed by atoms with Crippen molar-refractivity contribution >= 4 is 17.6 Å². The molecule has 1 heterocycles. The normalized spacial score (nSPS) is 10.5. The molecule has 88 valence electrons. The summed E-state index contributed by atoms with van der Waals surface area (Å²) in [6, 6.07) is 2.71. The Bertz CT molecular complexity index is 574. The van der Waals surface area contributed by atoms with Gasteiger partial charge in [-0.15, -0.1) is 0 Å². The fourth-order valence-corrected chi connectivity index (χ4v) is 1.46. The first-order valence-electron chi connectivity index (χ1n) is 4.34. The van der Waals surface area contributed by atoms with Crippen LogP contribution in [-0.2, 0) is 0 Å². The van der Waals surface area contributed by atoms with Crippen molar-refractivity contribution in [1.82, 2.24) is 5.16 Å². The predicted octanol–water partition coefficient (Wildman–Crippen LogP) is 2.97. The molecule has 0 saturated carbocycles. The molecule has 1 aromatic carbocycles. The molecule has 7 heteroatoms. The van der Waals surface area contributed by atoms with Crippen LogP contribution in [0.25, 0.3) is 11.3 Å². The van der Waals surface area contributed by atoms with Crippen LogP contribution in [0.3, 0.4) is 0 Å². The van der Waals surface area contributed by atoms with Crippen molar-refractivity contribution in [3.8, 4) is 11.3 Å². The van der Waals surface area contributed by atoms with E-state index in [0.717, 1.165) is 18.2 Å². The molecule has 0 saturated heterocycles. The molecule has 0 unspecified atom stereocenters. The van der Waals surface area contributed by atoms with Crippen molar-refractivity contribution in [1.29, 1.82) is 0 Å². The highest BCUT2D eigenvalue weighted by Gasteiger charge is 2.19. The number of carboxylic acid groups (broad SMARTS) is 1. The van der Waals surface area contributed by atoms with E-state index >= 15 is 0 Å². The number of carboxylic acids is 1. The molecule has 0 bridgehead atoms. The minimum absolute atomic E-state index is 0.110. The van der Waals surface area contributed by atoms with Gasteiger partial charge in [0.05, 0.1) is 5.56 Å². The highest BCUT2D eigenvalue weighted by Crippen LogP contribution is 2.29. The Balaban J connectivity index is 2.56. The second kappa shape index (κ2) is 4.14. The maximum atomic E-state index is 13.4. The third kappa shape index (κ3) is 2.12. The minimum atomic E-state index is -1.35. The number of aromatic carboxylic acids is 1. The predicted molar refractivity (Wildman–Crippen MR) is 53.8 cm³/mol. The minimum Gasteiger partial charge on any atom is -0.476 e.